The second-order valence-electron chi connectivity index (χ2n) is 6.13. The van der Waals surface area contributed by atoms with Gasteiger partial charge in [-0.1, -0.05) is 27.7 Å². The van der Waals surface area contributed by atoms with Crippen molar-refractivity contribution in [2.45, 2.75) is 40.7 Å². The second kappa shape index (κ2) is 10.00. The molecule has 2 N–H and O–H groups in total. The van der Waals surface area contributed by atoms with Crippen molar-refractivity contribution in [3.05, 3.63) is 0 Å². The topological polar surface area (TPSA) is 48.9 Å². The van der Waals surface area contributed by atoms with Crippen LogP contribution in [0.3, 0.4) is 0 Å². The average Bonchev–Trinajstić information content (AvgIpc) is 2.37. The van der Waals surface area contributed by atoms with E-state index in [1.54, 1.807) is 7.11 Å². The SMILES string of the molecule is CCNC(=NCC(OC)C(C)(C)C)NCCN(C)CC. The Hall–Kier alpha value is -0.810. The molecule has 0 aliphatic carbocycles. The van der Waals surface area contributed by atoms with Crippen molar-refractivity contribution >= 4 is 5.96 Å². The first kappa shape index (κ1) is 19.2. The van der Waals surface area contributed by atoms with Gasteiger partial charge in [0.25, 0.3) is 0 Å². The lowest BCUT2D eigenvalue weighted by molar-refractivity contribution is 0.0241. The Balaban J connectivity index is 4.38. The van der Waals surface area contributed by atoms with Gasteiger partial charge in [-0.2, -0.15) is 0 Å². The maximum Gasteiger partial charge on any atom is 0.191 e. The molecule has 5 nitrogen and oxygen atoms in total. The minimum Gasteiger partial charge on any atom is -0.379 e. The summed E-state index contributed by atoms with van der Waals surface area (Å²) in [5, 5.41) is 6.63. The number of likely N-dealkylation sites (N-methyl/N-ethyl adjacent to an activating group) is 1. The number of nitrogens with zero attached hydrogens (tertiary/aromatic N) is 2. The molecule has 0 aromatic rings. The Morgan fingerprint density at radius 2 is 1.90 bits per heavy atom. The third kappa shape index (κ3) is 8.38. The molecule has 0 amide bonds. The van der Waals surface area contributed by atoms with Gasteiger partial charge >= 0.3 is 0 Å². The zero-order valence-corrected chi connectivity index (χ0v) is 14.4. The molecule has 5 heteroatoms. The highest BCUT2D eigenvalue weighted by molar-refractivity contribution is 5.79. The zero-order valence-electron chi connectivity index (χ0n) is 14.4. The predicted octanol–water partition coefficient (Wildman–Crippen LogP) is 1.55. The van der Waals surface area contributed by atoms with Crippen molar-refractivity contribution in [3.8, 4) is 0 Å². The highest BCUT2D eigenvalue weighted by Crippen LogP contribution is 2.21. The lowest BCUT2D eigenvalue weighted by Crippen LogP contribution is -2.42. The number of guanidine groups is 1. The molecule has 120 valence electrons. The van der Waals surface area contributed by atoms with Crippen LogP contribution in [0, 0.1) is 5.41 Å². The summed E-state index contributed by atoms with van der Waals surface area (Å²) in [6, 6.07) is 0. The number of aliphatic imine (C=N–C) groups is 1. The molecule has 0 aromatic heterocycles. The smallest absolute Gasteiger partial charge is 0.191 e. The molecule has 0 bridgehead atoms. The van der Waals surface area contributed by atoms with E-state index in [1.807, 2.05) is 0 Å². The van der Waals surface area contributed by atoms with Crippen molar-refractivity contribution in [1.29, 1.82) is 0 Å². The molecule has 0 saturated heterocycles. The molecule has 20 heavy (non-hydrogen) atoms. The Bertz CT molecular complexity index is 274. The van der Waals surface area contributed by atoms with Gasteiger partial charge in [0.2, 0.25) is 0 Å². The molecule has 0 radical (unpaired) electrons. The van der Waals surface area contributed by atoms with Crippen LogP contribution in [0.25, 0.3) is 0 Å². The highest BCUT2D eigenvalue weighted by atomic mass is 16.5. The van der Waals surface area contributed by atoms with Crippen LogP contribution in [0.15, 0.2) is 4.99 Å². The first-order chi connectivity index (χ1) is 9.35. The Labute approximate surface area is 125 Å². The molecule has 0 rings (SSSR count). The number of hydrogen-bond donors (Lipinski definition) is 2. The monoisotopic (exact) mass is 286 g/mol. The summed E-state index contributed by atoms with van der Waals surface area (Å²) >= 11 is 0. The summed E-state index contributed by atoms with van der Waals surface area (Å²) in [6.45, 7) is 15.2. The van der Waals surface area contributed by atoms with Gasteiger partial charge in [0, 0.05) is 26.7 Å². The van der Waals surface area contributed by atoms with Crippen molar-refractivity contribution < 1.29 is 4.74 Å². The van der Waals surface area contributed by atoms with E-state index in [0.717, 1.165) is 32.1 Å². The van der Waals surface area contributed by atoms with Crippen LogP contribution in [0.5, 0.6) is 0 Å². The van der Waals surface area contributed by atoms with Gasteiger partial charge in [0.15, 0.2) is 5.96 Å². The van der Waals surface area contributed by atoms with Crippen LogP contribution in [-0.4, -0.2) is 63.8 Å². The summed E-state index contributed by atoms with van der Waals surface area (Å²) in [6.07, 6.45) is 0.122. The molecule has 1 unspecified atom stereocenters. The van der Waals surface area contributed by atoms with Crippen LogP contribution >= 0.6 is 0 Å². The van der Waals surface area contributed by atoms with E-state index in [9.17, 15) is 0 Å². The van der Waals surface area contributed by atoms with E-state index in [2.05, 4.69) is 62.2 Å². The van der Waals surface area contributed by atoms with Crippen molar-refractivity contribution in [1.82, 2.24) is 15.5 Å². The third-order valence-corrected chi connectivity index (χ3v) is 3.34. The van der Waals surface area contributed by atoms with Crippen LogP contribution < -0.4 is 10.6 Å². The summed E-state index contributed by atoms with van der Waals surface area (Å²) in [7, 11) is 3.87. The zero-order chi connectivity index (χ0) is 15.6. The molecule has 0 aliphatic rings. The standard InChI is InChI=1S/C15H34N4O/c1-8-16-14(17-10-11-19(6)9-2)18-12-13(20-7)15(3,4)5/h13H,8-12H2,1-7H3,(H2,16,17,18). The molecule has 0 fully saturated rings. The van der Waals surface area contributed by atoms with E-state index >= 15 is 0 Å². The largest absolute Gasteiger partial charge is 0.379 e. The van der Waals surface area contributed by atoms with Crippen LogP contribution in [0.2, 0.25) is 0 Å². The predicted molar refractivity (Wildman–Crippen MR) is 87.4 cm³/mol. The second-order valence-corrected chi connectivity index (χ2v) is 6.13. The van der Waals surface area contributed by atoms with Gasteiger partial charge in [-0.15, -0.1) is 0 Å². The fourth-order valence-electron chi connectivity index (χ4n) is 1.74. The van der Waals surface area contributed by atoms with E-state index in [0.29, 0.717) is 6.54 Å². The summed E-state index contributed by atoms with van der Waals surface area (Å²) in [5.74, 6) is 0.864. The van der Waals surface area contributed by atoms with Gasteiger partial charge in [-0.25, -0.2) is 0 Å². The number of rotatable bonds is 8. The van der Waals surface area contributed by atoms with Gasteiger partial charge in [-0.3, -0.25) is 4.99 Å². The molecule has 0 aromatic carbocycles. The Morgan fingerprint density at radius 3 is 2.35 bits per heavy atom. The van der Waals surface area contributed by atoms with E-state index in [-0.39, 0.29) is 11.5 Å². The Kier molecular flexibility index (Phi) is 9.59. The Morgan fingerprint density at radius 1 is 1.25 bits per heavy atom. The maximum atomic E-state index is 5.53. The van der Waals surface area contributed by atoms with Crippen molar-refractivity contribution in [2.75, 3.05) is 46.9 Å². The maximum absolute atomic E-state index is 5.53. The summed E-state index contributed by atoms with van der Waals surface area (Å²) in [5.41, 5.74) is 0.0952. The molecule has 0 saturated carbocycles. The summed E-state index contributed by atoms with van der Waals surface area (Å²) in [4.78, 5) is 6.89. The quantitative estimate of drug-likeness (QED) is 0.525. The normalized spacial score (nSPS) is 14.5. The molecular weight excluding hydrogens is 252 g/mol. The molecule has 0 heterocycles. The van der Waals surface area contributed by atoms with Gasteiger partial charge in [-0.05, 0) is 25.9 Å². The number of ether oxygens (including phenoxy) is 1. The molecule has 0 aliphatic heterocycles. The lowest BCUT2D eigenvalue weighted by Gasteiger charge is -2.28. The molecule has 1 atom stereocenters. The fraction of sp³-hybridized carbons (Fsp3) is 0.933. The van der Waals surface area contributed by atoms with E-state index in [1.165, 1.54) is 0 Å². The number of methoxy groups -OCH3 is 1. The first-order valence-corrected chi connectivity index (χ1v) is 7.58. The van der Waals surface area contributed by atoms with Gasteiger partial charge < -0.3 is 20.3 Å². The molecule has 0 spiro atoms. The highest BCUT2D eigenvalue weighted by Gasteiger charge is 2.23. The van der Waals surface area contributed by atoms with Crippen LogP contribution in [0.1, 0.15) is 34.6 Å². The minimum atomic E-state index is 0.0952. The average molecular weight is 286 g/mol. The minimum absolute atomic E-state index is 0.0952. The lowest BCUT2D eigenvalue weighted by atomic mass is 9.89. The number of nitrogens with one attached hydrogen (secondary N) is 2. The fourth-order valence-corrected chi connectivity index (χ4v) is 1.74. The van der Waals surface area contributed by atoms with Gasteiger partial charge in [0.1, 0.15) is 0 Å². The van der Waals surface area contributed by atoms with E-state index in [4.69, 9.17) is 4.74 Å². The van der Waals surface area contributed by atoms with Crippen LogP contribution in [-0.2, 0) is 4.74 Å². The van der Waals surface area contributed by atoms with Crippen molar-refractivity contribution in [2.24, 2.45) is 10.4 Å². The first-order valence-electron chi connectivity index (χ1n) is 7.58. The van der Waals surface area contributed by atoms with Crippen LogP contribution in [0.4, 0.5) is 0 Å². The summed E-state index contributed by atoms with van der Waals surface area (Å²) < 4.78 is 5.53. The van der Waals surface area contributed by atoms with Crippen molar-refractivity contribution in [3.63, 3.8) is 0 Å². The van der Waals surface area contributed by atoms with E-state index < -0.39 is 0 Å². The third-order valence-electron chi connectivity index (χ3n) is 3.34. The van der Waals surface area contributed by atoms with Gasteiger partial charge in [0.05, 0.1) is 12.6 Å². The molecular formula is C15H34N4O. The number of hydrogen-bond acceptors (Lipinski definition) is 3.